The SMILES string of the molecule is COc1ccc(CNCCc2c(Cl)ncnc2Cl)cc1. The smallest absolute Gasteiger partial charge is 0.137 e. The van der Waals surface area contributed by atoms with Crippen molar-refractivity contribution in [3.63, 3.8) is 0 Å². The van der Waals surface area contributed by atoms with Crippen molar-refractivity contribution >= 4 is 23.2 Å². The summed E-state index contributed by atoms with van der Waals surface area (Å²) in [6, 6.07) is 7.93. The van der Waals surface area contributed by atoms with Crippen LogP contribution in [0.2, 0.25) is 10.3 Å². The van der Waals surface area contributed by atoms with Crippen LogP contribution >= 0.6 is 23.2 Å². The topological polar surface area (TPSA) is 47.0 Å². The molecule has 0 saturated carbocycles. The van der Waals surface area contributed by atoms with Crippen LogP contribution < -0.4 is 10.1 Å². The molecule has 0 radical (unpaired) electrons. The van der Waals surface area contributed by atoms with E-state index in [1.165, 1.54) is 11.9 Å². The molecule has 0 saturated heterocycles. The Balaban J connectivity index is 1.81. The minimum atomic E-state index is 0.413. The molecule has 0 atom stereocenters. The van der Waals surface area contributed by atoms with Gasteiger partial charge in [0, 0.05) is 12.1 Å². The lowest BCUT2D eigenvalue weighted by Crippen LogP contribution is -2.17. The van der Waals surface area contributed by atoms with Gasteiger partial charge >= 0.3 is 0 Å². The molecule has 2 rings (SSSR count). The Labute approximate surface area is 128 Å². The second kappa shape index (κ2) is 7.43. The molecule has 1 aromatic heterocycles. The summed E-state index contributed by atoms with van der Waals surface area (Å²) < 4.78 is 5.12. The maximum absolute atomic E-state index is 5.98. The molecule has 1 aromatic carbocycles. The van der Waals surface area contributed by atoms with Gasteiger partial charge in [-0.15, -0.1) is 0 Å². The van der Waals surface area contributed by atoms with Crippen LogP contribution in [0.15, 0.2) is 30.6 Å². The Hall–Kier alpha value is -1.36. The molecule has 0 bridgehead atoms. The van der Waals surface area contributed by atoms with Crippen molar-refractivity contribution in [1.29, 1.82) is 0 Å². The predicted octanol–water partition coefficient (Wildman–Crippen LogP) is 3.12. The summed E-state index contributed by atoms with van der Waals surface area (Å²) in [6.07, 6.45) is 2.05. The van der Waals surface area contributed by atoms with Gasteiger partial charge in [-0.3, -0.25) is 0 Å². The number of nitrogens with one attached hydrogen (secondary N) is 1. The van der Waals surface area contributed by atoms with Crippen LogP contribution in [0.1, 0.15) is 11.1 Å². The van der Waals surface area contributed by atoms with Crippen LogP contribution in [-0.4, -0.2) is 23.6 Å². The second-order valence-corrected chi connectivity index (χ2v) is 4.92. The van der Waals surface area contributed by atoms with Crippen LogP contribution in [0.4, 0.5) is 0 Å². The first kappa shape index (κ1) is 15.0. The quantitative estimate of drug-likeness (QED) is 0.657. The molecule has 1 N–H and O–H groups in total. The van der Waals surface area contributed by atoms with Crippen molar-refractivity contribution in [3.8, 4) is 5.75 Å². The van der Waals surface area contributed by atoms with Gasteiger partial charge in [0.2, 0.25) is 0 Å². The lowest BCUT2D eigenvalue weighted by Gasteiger charge is -2.07. The Kier molecular flexibility index (Phi) is 5.59. The zero-order chi connectivity index (χ0) is 14.4. The van der Waals surface area contributed by atoms with Crippen LogP contribution in [0.5, 0.6) is 5.75 Å². The summed E-state index contributed by atoms with van der Waals surface area (Å²) in [5, 5.41) is 4.15. The van der Waals surface area contributed by atoms with Crippen molar-refractivity contribution in [2.75, 3.05) is 13.7 Å². The Morgan fingerprint density at radius 2 is 1.75 bits per heavy atom. The maximum atomic E-state index is 5.98. The van der Waals surface area contributed by atoms with Gasteiger partial charge in [0.25, 0.3) is 0 Å². The van der Waals surface area contributed by atoms with Gasteiger partial charge in [0.15, 0.2) is 0 Å². The Morgan fingerprint density at radius 3 is 2.35 bits per heavy atom. The molecule has 0 aliphatic heterocycles. The first-order chi connectivity index (χ1) is 9.70. The minimum absolute atomic E-state index is 0.413. The van der Waals surface area contributed by atoms with Crippen molar-refractivity contribution in [2.24, 2.45) is 0 Å². The maximum Gasteiger partial charge on any atom is 0.137 e. The molecule has 0 unspecified atom stereocenters. The summed E-state index contributed by atoms with van der Waals surface area (Å²) in [7, 11) is 1.66. The average molecular weight is 312 g/mol. The fourth-order valence-corrected chi connectivity index (χ4v) is 2.27. The molecule has 0 amide bonds. The predicted molar refractivity (Wildman–Crippen MR) is 80.5 cm³/mol. The normalized spacial score (nSPS) is 10.6. The molecule has 0 aliphatic rings. The molecule has 2 aromatic rings. The highest BCUT2D eigenvalue weighted by Gasteiger charge is 2.07. The van der Waals surface area contributed by atoms with Gasteiger partial charge in [0.1, 0.15) is 22.4 Å². The number of methoxy groups -OCH3 is 1. The van der Waals surface area contributed by atoms with Gasteiger partial charge in [-0.2, -0.15) is 0 Å². The molecular weight excluding hydrogens is 297 g/mol. The van der Waals surface area contributed by atoms with E-state index in [1.54, 1.807) is 7.11 Å². The van der Waals surface area contributed by atoms with Crippen LogP contribution in [-0.2, 0) is 13.0 Å². The van der Waals surface area contributed by atoms with Gasteiger partial charge in [-0.05, 0) is 30.7 Å². The van der Waals surface area contributed by atoms with Crippen molar-refractivity contribution in [2.45, 2.75) is 13.0 Å². The molecule has 0 aliphatic carbocycles. The molecular formula is C14H15Cl2N3O. The van der Waals surface area contributed by atoms with Gasteiger partial charge in [0.05, 0.1) is 7.11 Å². The van der Waals surface area contributed by atoms with E-state index in [0.717, 1.165) is 24.4 Å². The van der Waals surface area contributed by atoms with Crippen LogP contribution in [0.3, 0.4) is 0 Å². The lowest BCUT2D eigenvalue weighted by molar-refractivity contribution is 0.414. The number of ether oxygens (including phenoxy) is 1. The van der Waals surface area contributed by atoms with Gasteiger partial charge in [-0.1, -0.05) is 35.3 Å². The molecule has 106 valence electrons. The third-order valence-electron chi connectivity index (χ3n) is 2.88. The average Bonchev–Trinajstić information content (AvgIpc) is 2.46. The van der Waals surface area contributed by atoms with Crippen LogP contribution in [0.25, 0.3) is 0 Å². The molecule has 0 spiro atoms. The Morgan fingerprint density at radius 1 is 1.10 bits per heavy atom. The van der Waals surface area contributed by atoms with Gasteiger partial charge in [-0.25, -0.2) is 9.97 Å². The number of aromatic nitrogens is 2. The fourth-order valence-electron chi connectivity index (χ4n) is 1.77. The van der Waals surface area contributed by atoms with E-state index in [0.29, 0.717) is 16.7 Å². The summed E-state index contributed by atoms with van der Waals surface area (Å²) in [4.78, 5) is 7.85. The standard InChI is InChI=1S/C14H15Cl2N3O/c1-20-11-4-2-10(3-5-11)8-17-7-6-12-13(15)18-9-19-14(12)16/h2-5,9,17H,6-8H2,1H3. The summed E-state index contributed by atoms with van der Waals surface area (Å²) in [5.41, 5.74) is 1.96. The number of halogens is 2. The first-order valence-corrected chi connectivity index (χ1v) is 6.95. The zero-order valence-electron chi connectivity index (χ0n) is 11.1. The molecule has 6 heteroatoms. The van der Waals surface area contributed by atoms with E-state index < -0.39 is 0 Å². The first-order valence-electron chi connectivity index (χ1n) is 6.19. The summed E-state index contributed by atoms with van der Waals surface area (Å²) in [6.45, 7) is 1.52. The lowest BCUT2D eigenvalue weighted by atomic mass is 10.2. The van der Waals surface area contributed by atoms with E-state index in [1.807, 2.05) is 24.3 Å². The largest absolute Gasteiger partial charge is 0.497 e. The number of hydrogen-bond donors (Lipinski definition) is 1. The third-order valence-corrected chi connectivity index (χ3v) is 3.53. The highest BCUT2D eigenvalue weighted by molar-refractivity contribution is 6.34. The zero-order valence-corrected chi connectivity index (χ0v) is 12.6. The highest BCUT2D eigenvalue weighted by Crippen LogP contribution is 2.19. The summed E-state index contributed by atoms with van der Waals surface area (Å²) >= 11 is 12.0. The van der Waals surface area contributed by atoms with Crippen molar-refractivity contribution in [1.82, 2.24) is 15.3 Å². The number of rotatable bonds is 6. The van der Waals surface area contributed by atoms with Crippen molar-refractivity contribution in [3.05, 3.63) is 52.0 Å². The fraction of sp³-hybridized carbons (Fsp3) is 0.286. The van der Waals surface area contributed by atoms with E-state index in [-0.39, 0.29) is 0 Å². The number of benzene rings is 1. The van der Waals surface area contributed by atoms with E-state index in [9.17, 15) is 0 Å². The molecule has 20 heavy (non-hydrogen) atoms. The van der Waals surface area contributed by atoms with E-state index in [4.69, 9.17) is 27.9 Å². The monoisotopic (exact) mass is 311 g/mol. The molecule has 1 heterocycles. The van der Waals surface area contributed by atoms with Gasteiger partial charge < -0.3 is 10.1 Å². The number of nitrogens with zero attached hydrogens (tertiary/aromatic N) is 2. The highest BCUT2D eigenvalue weighted by atomic mass is 35.5. The van der Waals surface area contributed by atoms with E-state index >= 15 is 0 Å². The second-order valence-electron chi connectivity index (χ2n) is 4.21. The Bertz CT molecular complexity index is 541. The van der Waals surface area contributed by atoms with Crippen molar-refractivity contribution < 1.29 is 4.74 Å². The third kappa shape index (κ3) is 4.07. The summed E-state index contributed by atoms with van der Waals surface area (Å²) in [5.74, 6) is 0.855. The van der Waals surface area contributed by atoms with Crippen LogP contribution in [0, 0.1) is 0 Å². The van der Waals surface area contributed by atoms with E-state index in [2.05, 4.69) is 15.3 Å². The molecule has 0 fully saturated rings. The minimum Gasteiger partial charge on any atom is -0.497 e. The molecule has 4 nitrogen and oxygen atoms in total. The number of hydrogen-bond acceptors (Lipinski definition) is 4.